The molecule has 1 heterocycles. The molecule has 0 aliphatic heterocycles. The van der Waals surface area contributed by atoms with E-state index in [-0.39, 0.29) is 18.4 Å². The molecule has 0 unspecified atom stereocenters. The van der Waals surface area contributed by atoms with Gasteiger partial charge < -0.3 is 9.15 Å². The Labute approximate surface area is 110 Å². The summed E-state index contributed by atoms with van der Waals surface area (Å²) in [5, 5.41) is 0.931. The van der Waals surface area contributed by atoms with Crippen molar-refractivity contribution in [3.63, 3.8) is 0 Å². The number of benzene rings is 1. The van der Waals surface area contributed by atoms with E-state index < -0.39 is 0 Å². The third-order valence-electron chi connectivity index (χ3n) is 3.21. The van der Waals surface area contributed by atoms with Crippen LogP contribution in [0.3, 0.4) is 0 Å². The van der Waals surface area contributed by atoms with E-state index in [0.717, 1.165) is 35.1 Å². The molecular weight excluding hydrogens is 246 g/mol. The molecule has 19 heavy (non-hydrogen) atoms. The monoisotopic (exact) mass is 261 g/mol. The van der Waals surface area contributed by atoms with Crippen LogP contribution in [0.1, 0.15) is 18.4 Å². The van der Waals surface area contributed by atoms with Crippen molar-refractivity contribution in [2.75, 3.05) is 7.11 Å². The minimum Gasteiger partial charge on any atom is -0.497 e. The second-order valence-corrected chi connectivity index (χ2v) is 4.65. The zero-order valence-electron chi connectivity index (χ0n) is 10.6. The van der Waals surface area contributed by atoms with Crippen LogP contribution in [0.15, 0.2) is 28.9 Å². The average Bonchev–Trinajstić information content (AvgIpc) is 3.21. The SMILES string of the molecule is COc1ccc2occ(CONC(=O)C3CC3)c2c1. The van der Waals surface area contributed by atoms with Gasteiger partial charge in [0, 0.05) is 16.9 Å². The van der Waals surface area contributed by atoms with Gasteiger partial charge in [0.1, 0.15) is 17.9 Å². The Morgan fingerprint density at radius 3 is 3.05 bits per heavy atom. The lowest BCUT2D eigenvalue weighted by Gasteiger charge is -2.04. The summed E-state index contributed by atoms with van der Waals surface area (Å²) in [6.45, 7) is 0.276. The number of carbonyl (C=O) groups excluding carboxylic acids is 1. The van der Waals surface area contributed by atoms with Crippen LogP contribution in [0.2, 0.25) is 0 Å². The molecule has 1 N–H and O–H groups in total. The lowest BCUT2D eigenvalue weighted by molar-refractivity contribution is -0.135. The molecule has 0 atom stereocenters. The number of carbonyl (C=O) groups is 1. The summed E-state index contributed by atoms with van der Waals surface area (Å²) in [5.41, 5.74) is 4.12. The molecule has 1 aliphatic carbocycles. The number of nitrogens with one attached hydrogen (secondary N) is 1. The van der Waals surface area contributed by atoms with Gasteiger partial charge in [-0.25, -0.2) is 5.48 Å². The van der Waals surface area contributed by atoms with Crippen LogP contribution in [-0.4, -0.2) is 13.0 Å². The van der Waals surface area contributed by atoms with E-state index >= 15 is 0 Å². The topological polar surface area (TPSA) is 60.7 Å². The largest absolute Gasteiger partial charge is 0.497 e. The Hall–Kier alpha value is -2.01. The normalized spacial score (nSPS) is 14.6. The van der Waals surface area contributed by atoms with E-state index in [4.69, 9.17) is 14.0 Å². The maximum absolute atomic E-state index is 11.4. The minimum atomic E-state index is -0.0367. The quantitative estimate of drug-likeness (QED) is 0.839. The highest BCUT2D eigenvalue weighted by molar-refractivity contribution is 5.82. The number of hydrogen-bond donors (Lipinski definition) is 1. The molecule has 2 aromatic rings. The molecule has 1 aromatic carbocycles. The van der Waals surface area contributed by atoms with Crippen molar-refractivity contribution in [1.82, 2.24) is 5.48 Å². The molecule has 3 rings (SSSR count). The highest BCUT2D eigenvalue weighted by Gasteiger charge is 2.29. The molecule has 1 aromatic heterocycles. The Balaban J connectivity index is 1.67. The Morgan fingerprint density at radius 2 is 2.32 bits per heavy atom. The molecule has 1 amide bonds. The maximum atomic E-state index is 11.4. The summed E-state index contributed by atoms with van der Waals surface area (Å²) >= 11 is 0. The second-order valence-electron chi connectivity index (χ2n) is 4.65. The molecule has 1 fully saturated rings. The first-order chi connectivity index (χ1) is 9.28. The van der Waals surface area contributed by atoms with Crippen LogP contribution >= 0.6 is 0 Å². The summed E-state index contributed by atoms with van der Waals surface area (Å²) in [6.07, 6.45) is 3.55. The van der Waals surface area contributed by atoms with Crippen LogP contribution < -0.4 is 10.2 Å². The van der Waals surface area contributed by atoms with Gasteiger partial charge in [-0.2, -0.15) is 0 Å². The fourth-order valence-electron chi connectivity index (χ4n) is 1.91. The van der Waals surface area contributed by atoms with E-state index in [2.05, 4.69) is 5.48 Å². The third-order valence-corrected chi connectivity index (χ3v) is 3.21. The van der Waals surface area contributed by atoms with Gasteiger partial charge in [-0.05, 0) is 31.0 Å². The van der Waals surface area contributed by atoms with Crippen molar-refractivity contribution in [2.24, 2.45) is 5.92 Å². The molecule has 0 saturated heterocycles. The number of ether oxygens (including phenoxy) is 1. The molecule has 5 nitrogen and oxygen atoms in total. The van der Waals surface area contributed by atoms with Gasteiger partial charge in [-0.1, -0.05) is 0 Å². The van der Waals surface area contributed by atoms with Crippen molar-refractivity contribution in [3.05, 3.63) is 30.0 Å². The molecule has 1 aliphatic rings. The zero-order chi connectivity index (χ0) is 13.2. The van der Waals surface area contributed by atoms with Crippen molar-refractivity contribution in [2.45, 2.75) is 19.4 Å². The average molecular weight is 261 g/mol. The predicted octanol–water partition coefficient (Wildman–Crippen LogP) is 2.40. The van der Waals surface area contributed by atoms with Gasteiger partial charge in [0.25, 0.3) is 0 Å². The van der Waals surface area contributed by atoms with E-state index in [1.54, 1.807) is 13.4 Å². The second kappa shape index (κ2) is 4.93. The lowest BCUT2D eigenvalue weighted by atomic mass is 10.2. The minimum absolute atomic E-state index is 0.0367. The van der Waals surface area contributed by atoms with Crippen LogP contribution in [0.25, 0.3) is 11.0 Å². The third kappa shape index (κ3) is 2.56. The number of amides is 1. The van der Waals surface area contributed by atoms with Gasteiger partial charge in [-0.3, -0.25) is 9.63 Å². The van der Waals surface area contributed by atoms with Crippen molar-refractivity contribution >= 4 is 16.9 Å². The van der Waals surface area contributed by atoms with E-state index in [0.29, 0.717) is 0 Å². The van der Waals surface area contributed by atoms with Crippen molar-refractivity contribution in [1.29, 1.82) is 0 Å². The maximum Gasteiger partial charge on any atom is 0.246 e. The van der Waals surface area contributed by atoms with Gasteiger partial charge >= 0.3 is 0 Å². The van der Waals surface area contributed by atoms with E-state index in [1.807, 2.05) is 18.2 Å². The van der Waals surface area contributed by atoms with E-state index in [1.165, 1.54) is 0 Å². The van der Waals surface area contributed by atoms with Gasteiger partial charge in [0.15, 0.2) is 0 Å². The number of rotatable bonds is 5. The first-order valence-corrected chi connectivity index (χ1v) is 6.23. The summed E-state index contributed by atoms with van der Waals surface area (Å²) in [6, 6.07) is 5.58. The first kappa shape index (κ1) is 12.0. The van der Waals surface area contributed by atoms with Crippen LogP contribution in [-0.2, 0) is 16.2 Å². The fourth-order valence-corrected chi connectivity index (χ4v) is 1.91. The summed E-state index contributed by atoms with van der Waals surface area (Å²) in [4.78, 5) is 16.6. The summed E-state index contributed by atoms with van der Waals surface area (Å²) in [7, 11) is 1.62. The molecular formula is C14H15NO4. The highest BCUT2D eigenvalue weighted by Crippen LogP contribution is 2.29. The Bertz CT molecular complexity index is 601. The lowest BCUT2D eigenvalue weighted by Crippen LogP contribution is -2.24. The molecule has 100 valence electrons. The molecule has 0 spiro atoms. The Kier molecular flexibility index (Phi) is 3.13. The smallest absolute Gasteiger partial charge is 0.246 e. The summed E-state index contributed by atoms with van der Waals surface area (Å²) < 4.78 is 10.6. The Morgan fingerprint density at radius 1 is 1.47 bits per heavy atom. The fraction of sp³-hybridized carbons (Fsp3) is 0.357. The summed E-state index contributed by atoms with van der Waals surface area (Å²) in [5.74, 6) is 0.865. The van der Waals surface area contributed by atoms with Gasteiger partial charge in [0.2, 0.25) is 5.91 Å². The molecule has 0 bridgehead atoms. The number of furan rings is 1. The molecule has 5 heteroatoms. The molecule has 1 saturated carbocycles. The van der Waals surface area contributed by atoms with Crippen molar-refractivity contribution < 1.29 is 18.8 Å². The van der Waals surface area contributed by atoms with Crippen LogP contribution in [0.5, 0.6) is 5.75 Å². The van der Waals surface area contributed by atoms with Crippen molar-refractivity contribution in [3.8, 4) is 5.75 Å². The number of fused-ring (bicyclic) bond motifs is 1. The first-order valence-electron chi connectivity index (χ1n) is 6.23. The standard InChI is InChI=1S/C14H15NO4/c1-17-11-4-5-13-12(6-11)10(7-18-13)8-19-15-14(16)9-2-3-9/h4-7,9H,2-3,8H2,1H3,(H,15,16). The zero-order valence-corrected chi connectivity index (χ0v) is 10.6. The van der Waals surface area contributed by atoms with Crippen LogP contribution in [0, 0.1) is 5.92 Å². The van der Waals surface area contributed by atoms with Gasteiger partial charge in [-0.15, -0.1) is 0 Å². The predicted molar refractivity (Wildman–Crippen MR) is 68.4 cm³/mol. The molecule has 0 radical (unpaired) electrons. The number of hydrogen-bond acceptors (Lipinski definition) is 4. The highest BCUT2D eigenvalue weighted by atomic mass is 16.7. The van der Waals surface area contributed by atoms with Crippen LogP contribution in [0.4, 0.5) is 0 Å². The number of hydroxylamine groups is 1. The van der Waals surface area contributed by atoms with E-state index in [9.17, 15) is 4.79 Å². The van der Waals surface area contributed by atoms with Gasteiger partial charge in [0.05, 0.1) is 13.4 Å². The number of methoxy groups -OCH3 is 1.